The summed E-state index contributed by atoms with van der Waals surface area (Å²) in [7, 11) is -3.67. The Morgan fingerprint density at radius 2 is 2.12 bits per heavy atom. The number of carbonyl (C=O) groups excluding carboxylic acids is 1. The van der Waals surface area contributed by atoms with Crippen molar-refractivity contribution in [1.29, 1.82) is 0 Å². The van der Waals surface area contributed by atoms with Crippen LogP contribution in [-0.4, -0.2) is 33.0 Å². The molecule has 3 rings (SSSR count). The maximum Gasteiger partial charge on any atom is 0.253 e. The lowest BCUT2D eigenvalue weighted by Gasteiger charge is -2.26. The molecule has 1 aliphatic carbocycles. The number of nitrogens with one attached hydrogen (secondary N) is 1. The Bertz CT molecular complexity index is 974. The maximum atomic E-state index is 12.9. The maximum absolute atomic E-state index is 12.9. The van der Waals surface area contributed by atoms with Gasteiger partial charge >= 0.3 is 0 Å². The van der Waals surface area contributed by atoms with Crippen LogP contribution in [0.15, 0.2) is 55.2 Å². The molecule has 0 aromatic carbocycles. The van der Waals surface area contributed by atoms with Gasteiger partial charge in [0, 0.05) is 18.6 Å². The van der Waals surface area contributed by atoms with Crippen LogP contribution in [0.3, 0.4) is 0 Å². The highest BCUT2D eigenvalue weighted by Crippen LogP contribution is 2.29. The highest BCUT2D eigenvalue weighted by Gasteiger charge is 2.38. The smallest absolute Gasteiger partial charge is 0.253 e. The minimum absolute atomic E-state index is 0.218. The first-order valence-electron chi connectivity index (χ1n) is 8.15. The number of amides is 1. The van der Waals surface area contributed by atoms with E-state index >= 15 is 0 Å². The van der Waals surface area contributed by atoms with Gasteiger partial charge in [0.25, 0.3) is 5.91 Å². The molecule has 1 N–H and O–H groups in total. The summed E-state index contributed by atoms with van der Waals surface area (Å²) in [5.41, 5.74) is 1.69. The van der Waals surface area contributed by atoms with Gasteiger partial charge < -0.3 is 5.32 Å². The summed E-state index contributed by atoms with van der Waals surface area (Å²) in [4.78, 5) is 20.6. The van der Waals surface area contributed by atoms with E-state index in [0.29, 0.717) is 12.1 Å². The molecule has 0 saturated heterocycles. The van der Waals surface area contributed by atoms with Crippen molar-refractivity contribution in [2.45, 2.75) is 31.6 Å². The van der Waals surface area contributed by atoms with E-state index in [0.717, 1.165) is 9.67 Å². The van der Waals surface area contributed by atoms with Crippen molar-refractivity contribution in [3.8, 4) is 0 Å². The van der Waals surface area contributed by atoms with Crippen LogP contribution in [0, 0.1) is 6.92 Å². The van der Waals surface area contributed by atoms with Crippen LogP contribution in [0.2, 0.25) is 0 Å². The fraction of sp³-hybridized carbons (Fsp3) is 0.278. The molecule has 1 unspecified atom stereocenters. The molecular weight excluding hydrogens is 352 g/mol. The largest absolute Gasteiger partial charge is 0.346 e. The molecule has 0 bridgehead atoms. The third-order valence-corrected chi connectivity index (χ3v) is 6.54. The molecule has 0 aliphatic heterocycles. The van der Waals surface area contributed by atoms with E-state index in [2.05, 4.69) is 15.3 Å². The number of nitrogens with zero attached hydrogens (tertiary/aromatic N) is 3. The summed E-state index contributed by atoms with van der Waals surface area (Å²) in [6, 6.07) is 1.49. The molecular formula is C18H20N4O3S. The summed E-state index contributed by atoms with van der Waals surface area (Å²) in [5.74, 6) is -0.370. The zero-order chi connectivity index (χ0) is 18.8. The van der Waals surface area contributed by atoms with Gasteiger partial charge in [0.15, 0.2) is 0 Å². The third-order valence-electron chi connectivity index (χ3n) is 4.28. The van der Waals surface area contributed by atoms with Crippen molar-refractivity contribution in [3.05, 3.63) is 72.1 Å². The van der Waals surface area contributed by atoms with E-state index in [1.165, 1.54) is 18.5 Å². The molecule has 1 atom stereocenters. The van der Waals surface area contributed by atoms with Crippen LogP contribution in [0.25, 0.3) is 0 Å². The third kappa shape index (κ3) is 3.45. The zero-order valence-electron chi connectivity index (χ0n) is 14.6. The SMILES string of the molecule is Cc1cnc(CNC(=O)c2ccn(S(=O)(=O)C3(C)C=CC=CC3)c2)cn1. The summed E-state index contributed by atoms with van der Waals surface area (Å²) >= 11 is 0. The highest BCUT2D eigenvalue weighted by molar-refractivity contribution is 7.91. The van der Waals surface area contributed by atoms with Gasteiger partial charge in [0.1, 0.15) is 4.75 Å². The molecule has 136 valence electrons. The van der Waals surface area contributed by atoms with E-state index in [1.54, 1.807) is 31.5 Å². The minimum atomic E-state index is -3.67. The van der Waals surface area contributed by atoms with Gasteiger partial charge in [-0.1, -0.05) is 24.3 Å². The van der Waals surface area contributed by atoms with Crippen molar-refractivity contribution in [3.63, 3.8) is 0 Å². The van der Waals surface area contributed by atoms with Crippen molar-refractivity contribution < 1.29 is 13.2 Å². The quantitative estimate of drug-likeness (QED) is 0.866. The molecule has 1 amide bonds. The minimum Gasteiger partial charge on any atom is -0.346 e. The van der Waals surface area contributed by atoms with E-state index in [4.69, 9.17) is 0 Å². The van der Waals surface area contributed by atoms with Gasteiger partial charge in [0.05, 0.1) is 29.7 Å². The van der Waals surface area contributed by atoms with Crippen molar-refractivity contribution in [1.82, 2.24) is 19.3 Å². The molecule has 0 radical (unpaired) electrons. The molecule has 2 heterocycles. The van der Waals surface area contributed by atoms with Gasteiger partial charge in [-0.25, -0.2) is 8.42 Å². The predicted molar refractivity (Wildman–Crippen MR) is 98.0 cm³/mol. The van der Waals surface area contributed by atoms with Crippen LogP contribution < -0.4 is 5.32 Å². The average Bonchev–Trinajstić information content (AvgIpc) is 3.12. The van der Waals surface area contributed by atoms with Crippen LogP contribution >= 0.6 is 0 Å². The van der Waals surface area contributed by atoms with Gasteiger partial charge in [-0.05, 0) is 26.3 Å². The first-order valence-corrected chi connectivity index (χ1v) is 9.59. The number of allylic oxidation sites excluding steroid dienone is 3. The fourth-order valence-electron chi connectivity index (χ4n) is 2.58. The molecule has 0 saturated carbocycles. The Morgan fingerprint density at radius 3 is 2.77 bits per heavy atom. The van der Waals surface area contributed by atoms with Crippen LogP contribution in [-0.2, 0) is 16.6 Å². The molecule has 2 aromatic heterocycles. The first kappa shape index (κ1) is 18.1. The lowest BCUT2D eigenvalue weighted by Crippen LogP contribution is -2.37. The monoisotopic (exact) mass is 372 g/mol. The highest BCUT2D eigenvalue weighted by atomic mass is 32.2. The van der Waals surface area contributed by atoms with Gasteiger partial charge in [0.2, 0.25) is 10.0 Å². The molecule has 2 aromatic rings. The number of aromatic nitrogens is 3. The molecule has 7 nitrogen and oxygen atoms in total. The molecule has 1 aliphatic rings. The normalized spacial score (nSPS) is 19.5. The number of hydrogen-bond acceptors (Lipinski definition) is 5. The van der Waals surface area contributed by atoms with E-state index in [-0.39, 0.29) is 18.0 Å². The van der Waals surface area contributed by atoms with Crippen molar-refractivity contribution >= 4 is 15.9 Å². The predicted octanol–water partition coefficient (Wildman–Crippen LogP) is 1.97. The Kier molecular flexibility index (Phi) is 4.78. The Balaban J connectivity index is 1.72. The lowest BCUT2D eigenvalue weighted by atomic mass is 10.0. The molecule has 8 heteroatoms. The summed E-state index contributed by atoms with van der Waals surface area (Å²) < 4.78 is 25.8. The number of carbonyl (C=O) groups is 1. The topological polar surface area (TPSA) is 94.0 Å². The number of aryl methyl sites for hydroxylation is 1. The molecule has 26 heavy (non-hydrogen) atoms. The van der Waals surface area contributed by atoms with Gasteiger partial charge in [-0.15, -0.1) is 0 Å². The van der Waals surface area contributed by atoms with Crippen molar-refractivity contribution in [2.24, 2.45) is 0 Å². The fourth-order valence-corrected chi connectivity index (χ4v) is 4.10. The molecule has 0 fully saturated rings. The van der Waals surface area contributed by atoms with E-state index in [1.807, 2.05) is 19.1 Å². The Morgan fingerprint density at radius 1 is 1.31 bits per heavy atom. The second-order valence-electron chi connectivity index (χ2n) is 6.37. The van der Waals surface area contributed by atoms with Gasteiger partial charge in [-0.3, -0.25) is 18.7 Å². The second kappa shape index (κ2) is 6.87. The summed E-state index contributed by atoms with van der Waals surface area (Å²) in [6.45, 7) is 3.71. The van der Waals surface area contributed by atoms with Crippen LogP contribution in [0.4, 0.5) is 0 Å². The standard InChI is InChI=1S/C18H20N4O3S/c1-14-10-20-16(11-19-14)12-21-17(23)15-6-9-22(13-15)26(24,25)18(2)7-4-3-5-8-18/h3-7,9-11,13H,8,12H2,1-2H3,(H,21,23). The number of hydrogen-bond donors (Lipinski definition) is 1. The molecule has 0 spiro atoms. The zero-order valence-corrected chi connectivity index (χ0v) is 15.4. The first-order chi connectivity index (χ1) is 12.3. The Labute approximate surface area is 152 Å². The summed E-state index contributed by atoms with van der Waals surface area (Å²) in [5, 5.41) is 2.71. The second-order valence-corrected chi connectivity index (χ2v) is 8.68. The van der Waals surface area contributed by atoms with E-state index in [9.17, 15) is 13.2 Å². The average molecular weight is 372 g/mol. The van der Waals surface area contributed by atoms with Gasteiger partial charge in [-0.2, -0.15) is 0 Å². The Hall–Kier alpha value is -2.74. The number of rotatable bonds is 5. The lowest BCUT2D eigenvalue weighted by molar-refractivity contribution is 0.0950. The van der Waals surface area contributed by atoms with Crippen LogP contribution in [0.5, 0.6) is 0 Å². The van der Waals surface area contributed by atoms with E-state index < -0.39 is 14.8 Å². The van der Waals surface area contributed by atoms with Crippen LogP contribution in [0.1, 0.15) is 35.1 Å². The van der Waals surface area contributed by atoms with Crippen molar-refractivity contribution in [2.75, 3.05) is 0 Å². The summed E-state index contributed by atoms with van der Waals surface area (Å²) in [6.07, 6.45) is 13.4.